The molecule has 0 aromatic heterocycles. The number of amides is 2. The first-order valence-corrected chi connectivity index (χ1v) is 10.4. The van der Waals surface area contributed by atoms with Crippen molar-refractivity contribution < 1.29 is 18.7 Å². The standard InChI is InChI=1S/C26H21FN2O3/c1-32-22-13-7-4-10-19(22)23-24(28-15-14-17-8-2-3-9-18(17)16-28)26(31)29(25(23)30)21-12-6-5-11-20(21)27/h2-13H,14-16H2,1H3. The molecule has 160 valence electrons. The molecule has 0 saturated carbocycles. The van der Waals surface area contributed by atoms with Gasteiger partial charge in [-0.1, -0.05) is 54.6 Å². The number of para-hydroxylation sites is 2. The Morgan fingerprint density at radius 2 is 1.53 bits per heavy atom. The Morgan fingerprint density at radius 3 is 2.31 bits per heavy atom. The van der Waals surface area contributed by atoms with E-state index in [1.807, 2.05) is 23.1 Å². The Morgan fingerprint density at radius 1 is 0.844 bits per heavy atom. The first kappa shape index (κ1) is 20.0. The van der Waals surface area contributed by atoms with Gasteiger partial charge in [-0.15, -0.1) is 0 Å². The van der Waals surface area contributed by atoms with Crippen LogP contribution in [0.4, 0.5) is 10.1 Å². The number of hydrogen-bond donors (Lipinski definition) is 0. The molecule has 2 heterocycles. The number of hydrogen-bond acceptors (Lipinski definition) is 4. The van der Waals surface area contributed by atoms with Crippen LogP contribution in [0.25, 0.3) is 5.57 Å². The molecule has 5 nitrogen and oxygen atoms in total. The maximum atomic E-state index is 14.6. The largest absolute Gasteiger partial charge is 0.496 e. The number of benzene rings is 3. The van der Waals surface area contributed by atoms with Crippen LogP contribution in [0.2, 0.25) is 0 Å². The summed E-state index contributed by atoms with van der Waals surface area (Å²) in [7, 11) is 1.52. The van der Waals surface area contributed by atoms with Crippen molar-refractivity contribution in [2.75, 3.05) is 18.6 Å². The average Bonchev–Trinajstić information content (AvgIpc) is 3.08. The Labute approximate surface area is 185 Å². The van der Waals surface area contributed by atoms with Crippen molar-refractivity contribution in [2.24, 2.45) is 0 Å². The third-order valence-corrected chi connectivity index (χ3v) is 5.98. The Kier molecular flexibility index (Phi) is 4.98. The lowest BCUT2D eigenvalue weighted by Gasteiger charge is -2.31. The van der Waals surface area contributed by atoms with Crippen LogP contribution in [0.5, 0.6) is 5.75 Å². The van der Waals surface area contributed by atoms with E-state index in [9.17, 15) is 14.0 Å². The second kappa shape index (κ2) is 7.96. The summed E-state index contributed by atoms with van der Waals surface area (Å²) in [5.74, 6) is -1.23. The van der Waals surface area contributed by atoms with Gasteiger partial charge in [0.05, 0.1) is 18.4 Å². The summed E-state index contributed by atoms with van der Waals surface area (Å²) in [5, 5.41) is 0. The maximum Gasteiger partial charge on any atom is 0.282 e. The Hall–Kier alpha value is -3.93. The topological polar surface area (TPSA) is 49.9 Å². The minimum atomic E-state index is -0.626. The molecule has 2 aliphatic heterocycles. The first-order chi connectivity index (χ1) is 15.6. The molecule has 32 heavy (non-hydrogen) atoms. The number of carbonyl (C=O) groups excluding carboxylic acids is 2. The molecule has 3 aromatic carbocycles. The highest BCUT2D eigenvalue weighted by Crippen LogP contribution is 2.40. The normalized spacial score (nSPS) is 15.9. The molecule has 0 saturated heterocycles. The van der Waals surface area contributed by atoms with Crippen LogP contribution < -0.4 is 9.64 Å². The fourth-order valence-electron chi connectivity index (χ4n) is 4.44. The smallest absolute Gasteiger partial charge is 0.282 e. The highest BCUT2D eigenvalue weighted by molar-refractivity contribution is 6.45. The molecule has 3 aromatic rings. The zero-order valence-electron chi connectivity index (χ0n) is 17.5. The van der Waals surface area contributed by atoms with Gasteiger partial charge in [0, 0.05) is 18.7 Å². The van der Waals surface area contributed by atoms with E-state index >= 15 is 0 Å². The lowest BCUT2D eigenvalue weighted by atomic mass is 9.97. The van der Waals surface area contributed by atoms with Crippen LogP contribution >= 0.6 is 0 Å². The summed E-state index contributed by atoms with van der Waals surface area (Å²) in [6, 6.07) is 21.0. The number of rotatable bonds is 4. The van der Waals surface area contributed by atoms with Crippen LogP contribution in [0.3, 0.4) is 0 Å². The zero-order valence-corrected chi connectivity index (χ0v) is 17.5. The number of ether oxygens (including phenoxy) is 1. The third-order valence-electron chi connectivity index (χ3n) is 5.98. The molecule has 0 N–H and O–H groups in total. The molecular formula is C26H21FN2O3. The van der Waals surface area contributed by atoms with Crippen molar-refractivity contribution in [3.8, 4) is 5.75 Å². The highest BCUT2D eigenvalue weighted by atomic mass is 19.1. The SMILES string of the molecule is COc1ccccc1C1=C(N2CCc3ccccc3C2)C(=O)N(c2ccccc2F)C1=O. The monoisotopic (exact) mass is 428 g/mol. The number of anilines is 1. The summed E-state index contributed by atoms with van der Waals surface area (Å²) < 4.78 is 20.1. The van der Waals surface area contributed by atoms with Gasteiger partial charge in [0.2, 0.25) is 0 Å². The van der Waals surface area contributed by atoms with E-state index in [4.69, 9.17) is 4.74 Å². The zero-order chi connectivity index (χ0) is 22.2. The van der Waals surface area contributed by atoms with Gasteiger partial charge in [-0.2, -0.15) is 0 Å². The number of imide groups is 1. The number of methoxy groups -OCH3 is 1. The minimum absolute atomic E-state index is 0.0534. The second-order valence-corrected chi connectivity index (χ2v) is 7.76. The van der Waals surface area contributed by atoms with E-state index in [-0.39, 0.29) is 17.0 Å². The van der Waals surface area contributed by atoms with Crippen molar-refractivity contribution >= 4 is 23.1 Å². The van der Waals surface area contributed by atoms with E-state index in [1.54, 1.807) is 30.3 Å². The molecule has 2 aliphatic rings. The molecular weight excluding hydrogens is 407 g/mol. The lowest BCUT2D eigenvalue weighted by Crippen LogP contribution is -2.37. The summed E-state index contributed by atoms with van der Waals surface area (Å²) in [6.07, 6.45) is 0.750. The summed E-state index contributed by atoms with van der Waals surface area (Å²) in [4.78, 5) is 30.2. The van der Waals surface area contributed by atoms with Crippen LogP contribution in [-0.2, 0) is 22.6 Å². The molecule has 0 atom stereocenters. The van der Waals surface area contributed by atoms with Crippen molar-refractivity contribution in [1.82, 2.24) is 4.90 Å². The van der Waals surface area contributed by atoms with E-state index in [2.05, 4.69) is 6.07 Å². The van der Waals surface area contributed by atoms with Crippen LogP contribution in [0.15, 0.2) is 78.5 Å². The van der Waals surface area contributed by atoms with Crippen molar-refractivity contribution in [3.05, 3.63) is 101 Å². The Bertz CT molecular complexity index is 1270. The van der Waals surface area contributed by atoms with E-state index in [0.717, 1.165) is 16.9 Å². The number of halogens is 1. The molecule has 0 aliphatic carbocycles. The first-order valence-electron chi connectivity index (χ1n) is 10.4. The number of nitrogens with zero attached hydrogens (tertiary/aromatic N) is 2. The van der Waals surface area contributed by atoms with Gasteiger partial charge in [-0.3, -0.25) is 9.59 Å². The molecule has 5 rings (SSSR count). The van der Waals surface area contributed by atoms with Crippen LogP contribution in [0.1, 0.15) is 16.7 Å². The molecule has 0 spiro atoms. The fraction of sp³-hybridized carbons (Fsp3) is 0.154. The summed E-state index contributed by atoms with van der Waals surface area (Å²) in [6.45, 7) is 1.07. The maximum absolute atomic E-state index is 14.6. The van der Waals surface area contributed by atoms with Gasteiger partial charge < -0.3 is 9.64 Å². The van der Waals surface area contributed by atoms with Gasteiger partial charge >= 0.3 is 0 Å². The molecule has 0 bridgehead atoms. The van der Waals surface area contributed by atoms with Gasteiger partial charge in [0.1, 0.15) is 17.3 Å². The molecule has 0 fully saturated rings. The number of fused-ring (bicyclic) bond motifs is 1. The van der Waals surface area contributed by atoms with E-state index in [1.165, 1.54) is 30.9 Å². The van der Waals surface area contributed by atoms with Crippen molar-refractivity contribution in [2.45, 2.75) is 13.0 Å². The minimum Gasteiger partial charge on any atom is -0.496 e. The number of carbonyl (C=O) groups is 2. The van der Waals surface area contributed by atoms with Gasteiger partial charge in [0.25, 0.3) is 11.8 Å². The van der Waals surface area contributed by atoms with Crippen molar-refractivity contribution in [3.63, 3.8) is 0 Å². The molecule has 0 unspecified atom stereocenters. The predicted octanol–water partition coefficient (Wildman–Crippen LogP) is 4.18. The third kappa shape index (κ3) is 3.15. The summed E-state index contributed by atoms with van der Waals surface area (Å²) in [5.41, 5.74) is 3.30. The van der Waals surface area contributed by atoms with Crippen molar-refractivity contribution in [1.29, 1.82) is 0 Å². The Balaban J connectivity index is 1.67. The molecule has 0 radical (unpaired) electrons. The lowest BCUT2D eigenvalue weighted by molar-refractivity contribution is -0.120. The van der Waals surface area contributed by atoms with Crippen LogP contribution in [-0.4, -0.2) is 30.4 Å². The second-order valence-electron chi connectivity index (χ2n) is 7.76. The van der Waals surface area contributed by atoms with E-state index < -0.39 is 17.6 Å². The summed E-state index contributed by atoms with van der Waals surface area (Å²) >= 11 is 0. The average molecular weight is 428 g/mol. The molecule has 2 amide bonds. The highest BCUT2D eigenvalue weighted by Gasteiger charge is 2.44. The van der Waals surface area contributed by atoms with Gasteiger partial charge in [-0.05, 0) is 35.7 Å². The van der Waals surface area contributed by atoms with E-state index in [0.29, 0.717) is 24.4 Å². The quantitative estimate of drug-likeness (QED) is 0.585. The van der Waals surface area contributed by atoms with Gasteiger partial charge in [0.15, 0.2) is 0 Å². The fourth-order valence-corrected chi connectivity index (χ4v) is 4.44. The van der Waals surface area contributed by atoms with Gasteiger partial charge in [-0.25, -0.2) is 9.29 Å². The van der Waals surface area contributed by atoms with Crippen LogP contribution in [0, 0.1) is 5.82 Å². The molecule has 6 heteroatoms. The predicted molar refractivity (Wildman–Crippen MR) is 119 cm³/mol.